The lowest BCUT2D eigenvalue weighted by atomic mass is 9.89. The summed E-state index contributed by atoms with van der Waals surface area (Å²) >= 11 is 0. The van der Waals surface area contributed by atoms with Crippen LogP contribution in [0.15, 0.2) is 107 Å². The summed E-state index contributed by atoms with van der Waals surface area (Å²) in [6, 6.07) is 28.5. The molecular formula is C34H36N2O7. The van der Waals surface area contributed by atoms with Gasteiger partial charge in [0.1, 0.15) is 17.9 Å². The number of hydrogen-bond acceptors (Lipinski definition) is 7. The van der Waals surface area contributed by atoms with Crippen LogP contribution in [0.2, 0.25) is 0 Å². The van der Waals surface area contributed by atoms with Gasteiger partial charge in [0.2, 0.25) is 0 Å². The van der Waals surface area contributed by atoms with E-state index in [1.807, 2.05) is 66.7 Å². The summed E-state index contributed by atoms with van der Waals surface area (Å²) in [5.74, 6) is -0.390. The van der Waals surface area contributed by atoms with Crippen LogP contribution in [0, 0.1) is 6.92 Å². The second-order valence-electron chi connectivity index (χ2n) is 10.7. The molecule has 0 bridgehead atoms. The molecule has 0 spiro atoms. The van der Waals surface area contributed by atoms with Gasteiger partial charge in [0.05, 0.1) is 32.0 Å². The van der Waals surface area contributed by atoms with Gasteiger partial charge in [0, 0.05) is 18.2 Å². The molecule has 5 rings (SSSR count). The molecule has 1 aliphatic rings. The van der Waals surface area contributed by atoms with E-state index in [2.05, 4.69) is 4.98 Å². The number of nitrogens with one attached hydrogen (secondary N) is 1. The Kier molecular flexibility index (Phi) is 9.99. The zero-order chi connectivity index (χ0) is 30.1. The van der Waals surface area contributed by atoms with Gasteiger partial charge in [0.15, 0.2) is 0 Å². The molecule has 3 atom stereocenters. The lowest BCUT2D eigenvalue weighted by Crippen LogP contribution is -2.44. The van der Waals surface area contributed by atoms with E-state index in [4.69, 9.17) is 18.9 Å². The number of ether oxygens (including phenoxy) is 4. The largest absolute Gasteiger partial charge is 0.462 e. The van der Waals surface area contributed by atoms with E-state index in [9.17, 15) is 14.4 Å². The van der Waals surface area contributed by atoms with Gasteiger partial charge in [-0.05, 0) is 43.0 Å². The number of esters is 1. The maximum absolute atomic E-state index is 12.8. The minimum atomic E-state index is -0.875. The Morgan fingerprint density at radius 1 is 0.930 bits per heavy atom. The van der Waals surface area contributed by atoms with E-state index in [-0.39, 0.29) is 13.2 Å². The van der Waals surface area contributed by atoms with Gasteiger partial charge in [-0.1, -0.05) is 78.9 Å². The minimum Gasteiger partial charge on any atom is -0.462 e. The molecule has 1 fully saturated rings. The Morgan fingerprint density at radius 2 is 1.56 bits per heavy atom. The van der Waals surface area contributed by atoms with Crippen LogP contribution in [-0.2, 0) is 32.2 Å². The van der Waals surface area contributed by atoms with Crippen LogP contribution in [0.5, 0.6) is 0 Å². The highest BCUT2D eigenvalue weighted by Crippen LogP contribution is 2.43. The Hall–Kier alpha value is -4.31. The molecule has 9 nitrogen and oxygen atoms in total. The van der Waals surface area contributed by atoms with E-state index in [1.165, 1.54) is 10.8 Å². The number of aromatic amines is 1. The van der Waals surface area contributed by atoms with Crippen molar-refractivity contribution < 1.29 is 23.7 Å². The molecular weight excluding hydrogens is 548 g/mol. The number of carbonyl (C=O) groups is 1. The molecule has 0 amide bonds. The molecule has 4 aromatic rings. The first-order valence-electron chi connectivity index (χ1n) is 14.4. The van der Waals surface area contributed by atoms with Crippen LogP contribution < -0.4 is 11.2 Å². The average Bonchev–Trinajstić information content (AvgIpc) is 3.39. The molecule has 1 aromatic heterocycles. The van der Waals surface area contributed by atoms with E-state index >= 15 is 0 Å². The molecule has 0 unspecified atom stereocenters. The smallest absolute Gasteiger partial charge is 0.338 e. The number of nitrogens with zero attached hydrogens (tertiary/aromatic N) is 1. The number of rotatable bonds is 13. The molecule has 224 valence electrons. The van der Waals surface area contributed by atoms with Crippen molar-refractivity contribution in [3.05, 3.63) is 140 Å². The van der Waals surface area contributed by atoms with E-state index < -0.39 is 35.2 Å². The second kappa shape index (κ2) is 14.2. The second-order valence-corrected chi connectivity index (χ2v) is 10.7. The molecule has 1 aliphatic heterocycles. The fourth-order valence-corrected chi connectivity index (χ4v) is 5.28. The first-order chi connectivity index (χ1) is 20.9. The first-order valence-corrected chi connectivity index (χ1v) is 14.4. The van der Waals surface area contributed by atoms with Crippen molar-refractivity contribution in [2.75, 3.05) is 13.2 Å². The van der Waals surface area contributed by atoms with Crippen molar-refractivity contribution in [1.82, 2.24) is 9.55 Å². The number of hydrogen-bond donors (Lipinski definition) is 1. The molecule has 0 aliphatic carbocycles. The van der Waals surface area contributed by atoms with Gasteiger partial charge >= 0.3 is 11.7 Å². The predicted molar refractivity (Wildman–Crippen MR) is 161 cm³/mol. The summed E-state index contributed by atoms with van der Waals surface area (Å²) < 4.78 is 26.3. The lowest BCUT2D eigenvalue weighted by Gasteiger charge is -2.34. The third-order valence-corrected chi connectivity index (χ3v) is 7.62. The van der Waals surface area contributed by atoms with Gasteiger partial charge in [-0.3, -0.25) is 14.3 Å². The Bertz CT molecular complexity index is 1590. The normalized spacial score (nSPS) is 19.7. The standard InChI is InChI=1S/C34H36N2O7/c1-25-21-36(33(39)35-31(25)37)30-20-34(42-23-27-14-7-3-8-15-27,18-11-19-41-32(38)28-16-9-4-10-17-28)29(43-30)24-40-22-26-12-5-2-6-13-26/h2-10,12-17,21,29-30H,11,18-20,22-24H2,1H3,(H,35,37,39)/t29-,30-,34+/m1/s1. The van der Waals surface area contributed by atoms with Gasteiger partial charge in [-0.2, -0.15) is 0 Å². The zero-order valence-electron chi connectivity index (χ0n) is 24.1. The summed E-state index contributed by atoms with van der Waals surface area (Å²) in [5, 5.41) is 0. The van der Waals surface area contributed by atoms with Crippen molar-refractivity contribution >= 4 is 5.97 Å². The fraction of sp³-hybridized carbons (Fsp3) is 0.324. The van der Waals surface area contributed by atoms with Gasteiger partial charge in [-0.25, -0.2) is 9.59 Å². The van der Waals surface area contributed by atoms with Gasteiger partial charge < -0.3 is 18.9 Å². The molecule has 1 saturated heterocycles. The van der Waals surface area contributed by atoms with Gasteiger partial charge in [-0.15, -0.1) is 0 Å². The maximum atomic E-state index is 12.8. The molecule has 2 heterocycles. The monoisotopic (exact) mass is 584 g/mol. The number of benzene rings is 3. The SMILES string of the molecule is Cc1cn([C@H]2C[C@](CCCOC(=O)c3ccccc3)(OCc3ccccc3)[C@@H](COCc3ccccc3)O2)c(=O)[nH]c1=O. The van der Waals surface area contributed by atoms with E-state index in [0.717, 1.165) is 11.1 Å². The molecule has 0 radical (unpaired) electrons. The zero-order valence-corrected chi connectivity index (χ0v) is 24.1. The van der Waals surface area contributed by atoms with Crippen molar-refractivity contribution in [3.8, 4) is 0 Å². The molecule has 43 heavy (non-hydrogen) atoms. The highest BCUT2D eigenvalue weighted by Gasteiger charge is 2.50. The summed E-state index contributed by atoms with van der Waals surface area (Å²) in [6.45, 7) is 2.73. The predicted octanol–water partition coefficient (Wildman–Crippen LogP) is 4.94. The summed E-state index contributed by atoms with van der Waals surface area (Å²) in [6.07, 6.45) is 1.58. The van der Waals surface area contributed by atoms with Crippen LogP contribution >= 0.6 is 0 Å². The molecule has 9 heteroatoms. The van der Waals surface area contributed by atoms with Crippen molar-refractivity contribution in [1.29, 1.82) is 0 Å². The third kappa shape index (κ3) is 7.75. The Balaban J connectivity index is 1.38. The van der Waals surface area contributed by atoms with Crippen molar-refractivity contribution in [2.24, 2.45) is 0 Å². The van der Waals surface area contributed by atoms with Crippen LogP contribution in [0.1, 0.15) is 52.5 Å². The van der Waals surface area contributed by atoms with Gasteiger partial charge in [0.25, 0.3) is 5.56 Å². The van der Waals surface area contributed by atoms with Crippen molar-refractivity contribution in [3.63, 3.8) is 0 Å². The average molecular weight is 585 g/mol. The number of aryl methyl sites for hydroxylation is 1. The fourth-order valence-electron chi connectivity index (χ4n) is 5.28. The highest BCUT2D eigenvalue weighted by atomic mass is 16.6. The first kappa shape index (κ1) is 30.2. The van der Waals surface area contributed by atoms with Crippen LogP contribution in [0.25, 0.3) is 0 Å². The highest BCUT2D eigenvalue weighted by molar-refractivity contribution is 5.89. The Labute approximate surface area is 250 Å². The van der Waals surface area contributed by atoms with Crippen LogP contribution in [-0.4, -0.2) is 40.4 Å². The molecule has 1 N–H and O–H groups in total. The Morgan fingerprint density at radius 3 is 2.23 bits per heavy atom. The third-order valence-electron chi connectivity index (χ3n) is 7.62. The number of H-pyrrole nitrogens is 1. The van der Waals surface area contributed by atoms with Crippen LogP contribution in [0.3, 0.4) is 0 Å². The summed E-state index contributed by atoms with van der Waals surface area (Å²) in [4.78, 5) is 39.8. The van der Waals surface area contributed by atoms with Crippen LogP contribution in [0.4, 0.5) is 0 Å². The topological polar surface area (TPSA) is 109 Å². The van der Waals surface area contributed by atoms with E-state index in [1.54, 1.807) is 31.2 Å². The summed E-state index contributed by atoms with van der Waals surface area (Å²) in [7, 11) is 0. The minimum absolute atomic E-state index is 0.185. The number of aromatic nitrogens is 2. The van der Waals surface area contributed by atoms with E-state index in [0.29, 0.717) is 43.6 Å². The number of carbonyl (C=O) groups excluding carboxylic acids is 1. The quantitative estimate of drug-likeness (QED) is 0.175. The lowest BCUT2D eigenvalue weighted by molar-refractivity contribution is -0.137. The summed E-state index contributed by atoms with van der Waals surface area (Å²) in [5.41, 5.74) is 1.03. The van der Waals surface area contributed by atoms with Crippen molar-refractivity contribution in [2.45, 2.75) is 57.3 Å². The molecule has 3 aromatic carbocycles. The molecule has 0 saturated carbocycles. The maximum Gasteiger partial charge on any atom is 0.338 e.